The van der Waals surface area contributed by atoms with Crippen LogP contribution < -0.4 is 15.0 Å². The minimum Gasteiger partial charge on any atom is -0.487 e. The molecule has 0 aliphatic carbocycles. The quantitative estimate of drug-likeness (QED) is 0.703. The molecule has 4 heterocycles. The standard InChI is InChI=1S/C23H24N6O2/c1-23(2)12-16-10-18(27-22(30)17-14-26-29-7-3-6-25-21(17)29)19(11-20(16)31-23)28-8-4-15(13-24)5-9-28/h3,6-7,10-11,14-15H,4-5,8-9,12H2,1-2H3,(H,27,30). The zero-order chi connectivity index (χ0) is 21.6. The lowest BCUT2D eigenvalue weighted by atomic mass is 9.97. The van der Waals surface area contributed by atoms with Gasteiger partial charge >= 0.3 is 0 Å². The Morgan fingerprint density at radius 2 is 2.13 bits per heavy atom. The molecule has 0 bridgehead atoms. The first-order chi connectivity index (χ1) is 14.9. The number of ether oxygens (including phenoxy) is 1. The number of piperidine rings is 1. The van der Waals surface area contributed by atoms with Crippen molar-refractivity contribution in [2.24, 2.45) is 5.92 Å². The average Bonchev–Trinajstić information content (AvgIpc) is 3.32. The summed E-state index contributed by atoms with van der Waals surface area (Å²) in [5.74, 6) is 0.696. The summed E-state index contributed by atoms with van der Waals surface area (Å²) in [6.07, 6.45) is 7.35. The van der Waals surface area contributed by atoms with Crippen LogP contribution in [0.2, 0.25) is 0 Å². The molecule has 2 aliphatic rings. The normalized spacial score (nSPS) is 17.8. The topological polar surface area (TPSA) is 95.6 Å². The van der Waals surface area contributed by atoms with Crippen LogP contribution in [0.25, 0.3) is 5.65 Å². The highest BCUT2D eigenvalue weighted by Gasteiger charge is 2.32. The number of carbonyl (C=O) groups is 1. The number of nitrogens with zero attached hydrogens (tertiary/aromatic N) is 5. The minimum atomic E-state index is -0.275. The molecule has 2 aliphatic heterocycles. The zero-order valence-corrected chi connectivity index (χ0v) is 17.6. The highest BCUT2D eigenvalue weighted by Crippen LogP contribution is 2.42. The second-order valence-electron chi connectivity index (χ2n) is 8.81. The number of amides is 1. The zero-order valence-electron chi connectivity index (χ0n) is 17.6. The number of rotatable bonds is 3. The smallest absolute Gasteiger partial charge is 0.261 e. The van der Waals surface area contributed by atoms with Gasteiger partial charge in [-0.15, -0.1) is 0 Å². The van der Waals surface area contributed by atoms with Crippen molar-refractivity contribution in [1.29, 1.82) is 5.26 Å². The summed E-state index contributed by atoms with van der Waals surface area (Å²) in [6, 6.07) is 8.19. The molecule has 158 valence electrons. The Morgan fingerprint density at radius 1 is 1.32 bits per heavy atom. The van der Waals surface area contributed by atoms with Crippen molar-refractivity contribution in [3.05, 3.63) is 47.9 Å². The van der Waals surface area contributed by atoms with Gasteiger partial charge < -0.3 is 15.0 Å². The number of nitrogens with one attached hydrogen (secondary N) is 1. The first-order valence-electron chi connectivity index (χ1n) is 10.5. The van der Waals surface area contributed by atoms with Crippen LogP contribution in [0, 0.1) is 17.2 Å². The molecule has 1 fully saturated rings. The van der Waals surface area contributed by atoms with Crippen LogP contribution in [0.5, 0.6) is 5.75 Å². The van der Waals surface area contributed by atoms with Crippen LogP contribution in [0.4, 0.5) is 11.4 Å². The third-order valence-electron chi connectivity index (χ3n) is 5.97. The number of benzene rings is 1. The Hall–Kier alpha value is -3.60. The fourth-order valence-electron chi connectivity index (χ4n) is 4.43. The minimum absolute atomic E-state index is 0.0868. The maximum atomic E-state index is 13.2. The van der Waals surface area contributed by atoms with Crippen LogP contribution in [-0.4, -0.2) is 39.2 Å². The van der Waals surface area contributed by atoms with Gasteiger partial charge in [-0.25, -0.2) is 9.50 Å². The summed E-state index contributed by atoms with van der Waals surface area (Å²) in [7, 11) is 0. The summed E-state index contributed by atoms with van der Waals surface area (Å²) in [6.45, 7) is 5.66. The summed E-state index contributed by atoms with van der Waals surface area (Å²) >= 11 is 0. The van der Waals surface area contributed by atoms with Crippen molar-refractivity contribution in [3.63, 3.8) is 0 Å². The van der Waals surface area contributed by atoms with E-state index >= 15 is 0 Å². The Balaban J connectivity index is 1.49. The molecule has 1 N–H and O–H groups in total. The molecular weight excluding hydrogens is 392 g/mol. The van der Waals surface area contributed by atoms with E-state index in [1.807, 2.05) is 12.1 Å². The molecule has 0 unspecified atom stereocenters. The van der Waals surface area contributed by atoms with Crippen molar-refractivity contribution >= 4 is 22.9 Å². The van der Waals surface area contributed by atoms with Crippen molar-refractivity contribution in [1.82, 2.24) is 14.6 Å². The van der Waals surface area contributed by atoms with Crippen LogP contribution in [0.3, 0.4) is 0 Å². The summed E-state index contributed by atoms with van der Waals surface area (Å²) in [5, 5.41) is 16.5. The molecular formula is C23H24N6O2. The number of carbonyl (C=O) groups excluding carboxylic acids is 1. The maximum absolute atomic E-state index is 13.2. The molecule has 0 radical (unpaired) electrons. The molecule has 8 nitrogen and oxygen atoms in total. The molecule has 1 aromatic carbocycles. The number of anilines is 2. The Bertz CT molecular complexity index is 1200. The van der Waals surface area contributed by atoms with Crippen LogP contribution >= 0.6 is 0 Å². The number of hydrogen-bond donors (Lipinski definition) is 1. The van der Waals surface area contributed by atoms with Gasteiger partial charge in [-0.05, 0) is 38.8 Å². The fourth-order valence-corrected chi connectivity index (χ4v) is 4.43. The van der Waals surface area contributed by atoms with Gasteiger partial charge in [0.2, 0.25) is 0 Å². The highest BCUT2D eigenvalue weighted by molar-refractivity contribution is 6.09. The van der Waals surface area contributed by atoms with Gasteiger partial charge in [0.05, 0.1) is 23.6 Å². The van der Waals surface area contributed by atoms with E-state index in [0.717, 1.165) is 55.0 Å². The Kier molecular flexibility index (Phi) is 4.54. The number of nitriles is 1. The largest absolute Gasteiger partial charge is 0.487 e. The third kappa shape index (κ3) is 3.56. The summed E-state index contributed by atoms with van der Waals surface area (Å²) < 4.78 is 7.73. The maximum Gasteiger partial charge on any atom is 0.261 e. The van der Waals surface area contributed by atoms with Gasteiger partial charge in [-0.3, -0.25) is 4.79 Å². The van der Waals surface area contributed by atoms with E-state index in [-0.39, 0.29) is 17.4 Å². The van der Waals surface area contributed by atoms with E-state index in [9.17, 15) is 10.1 Å². The molecule has 8 heteroatoms. The number of aromatic nitrogens is 3. The van der Waals surface area contributed by atoms with E-state index in [1.54, 1.807) is 23.0 Å². The lowest BCUT2D eigenvalue weighted by molar-refractivity contribution is 0.102. The lowest BCUT2D eigenvalue weighted by Gasteiger charge is -2.32. The molecule has 1 saturated heterocycles. The van der Waals surface area contributed by atoms with Crippen molar-refractivity contribution in [2.75, 3.05) is 23.3 Å². The fraction of sp³-hybridized carbons (Fsp3) is 0.391. The summed E-state index contributed by atoms with van der Waals surface area (Å²) in [5.41, 5.74) is 3.41. The van der Waals surface area contributed by atoms with E-state index in [4.69, 9.17) is 4.74 Å². The number of fused-ring (bicyclic) bond motifs is 2. The molecule has 0 spiro atoms. The van der Waals surface area contributed by atoms with E-state index in [0.29, 0.717) is 11.2 Å². The highest BCUT2D eigenvalue weighted by atomic mass is 16.5. The van der Waals surface area contributed by atoms with Crippen LogP contribution in [0.1, 0.15) is 42.6 Å². The molecule has 31 heavy (non-hydrogen) atoms. The SMILES string of the molecule is CC1(C)Cc2cc(NC(=O)c3cnn4cccnc34)c(N3CCC(C#N)CC3)cc2O1. The van der Waals surface area contributed by atoms with E-state index in [1.165, 1.54) is 6.20 Å². The predicted molar refractivity (Wildman–Crippen MR) is 116 cm³/mol. The predicted octanol–water partition coefficient (Wildman–Crippen LogP) is 3.44. The van der Waals surface area contributed by atoms with E-state index in [2.05, 4.69) is 40.2 Å². The molecule has 3 aromatic rings. The molecule has 2 aromatic heterocycles. The molecule has 5 rings (SSSR count). The van der Waals surface area contributed by atoms with Crippen LogP contribution in [0.15, 0.2) is 36.8 Å². The van der Waals surface area contributed by atoms with Gasteiger partial charge in [0, 0.05) is 49.5 Å². The second kappa shape index (κ2) is 7.27. The molecule has 0 atom stereocenters. The van der Waals surface area contributed by atoms with Crippen LogP contribution in [-0.2, 0) is 6.42 Å². The molecule has 1 amide bonds. The van der Waals surface area contributed by atoms with Gasteiger partial charge in [0.15, 0.2) is 5.65 Å². The van der Waals surface area contributed by atoms with Gasteiger partial charge in [-0.1, -0.05) is 0 Å². The van der Waals surface area contributed by atoms with Crippen molar-refractivity contribution in [3.8, 4) is 11.8 Å². The van der Waals surface area contributed by atoms with Crippen molar-refractivity contribution < 1.29 is 9.53 Å². The first-order valence-corrected chi connectivity index (χ1v) is 10.5. The third-order valence-corrected chi connectivity index (χ3v) is 5.97. The second-order valence-corrected chi connectivity index (χ2v) is 8.81. The lowest BCUT2D eigenvalue weighted by Crippen LogP contribution is -2.34. The van der Waals surface area contributed by atoms with Gasteiger partial charge in [0.25, 0.3) is 5.91 Å². The van der Waals surface area contributed by atoms with Gasteiger partial charge in [-0.2, -0.15) is 10.4 Å². The van der Waals surface area contributed by atoms with Gasteiger partial charge in [0.1, 0.15) is 16.9 Å². The average molecular weight is 416 g/mol. The van der Waals surface area contributed by atoms with Crippen molar-refractivity contribution in [2.45, 2.75) is 38.7 Å². The first kappa shape index (κ1) is 19.4. The Morgan fingerprint density at radius 3 is 2.90 bits per heavy atom. The monoisotopic (exact) mass is 416 g/mol. The Labute approximate surface area is 180 Å². The summed E-state index contributed by atoms with van der Waals surface area (Å²) in [4.78, 5) is 19.7. The number of hydrogen-bond acceptors (Lipinski definition) is 6. The molecule has 0 saturated carbocycles. The van der Waals surface area contributed by atoms with E-state index < -0.39 is 0 Å².